The van der Waals surface area contributed by atoms with Crippen LogP contribution in [0.15, 0.2) is 48.5 Å². The molecule has 0 aromatic heterocycles. The fourth-order valence-corrected chi connectivity index (χ4v) is 3.73. The lowest BCUT2D eigenvalue weighted by molar-refractivity contribution is -0.159. The van der Waals surface area contributed by atoms with Crippen molar-refractivity contribution in [3.8, 4) is 11.1 Å². The average molecular weight is 411 g/mol. The lowest BCUT2D eigenvalue weighted by Crippen LogP contribution is -2.38. The molecule has 2 aromatic rings. The Bertz CT molecular complexity index is 872. The second-order valence-electron chi connectivity index (χ2n) is 8.67. The zero-order chi connectivity index (χ0) is 21.9. The first-order chi connectivity index (χ1) is 14.2. The number of carboxylic acids is 1. The summed E-state index contributed by atoms with van der Waals surface area (Å²) < 4.78 is 11.1. The first-order valence-electron chi connectivity index (χ1n) is 10.1. The second-order valence-corrected chi connectivity index (χ2v) is 8.67. The number of rotatable bonds is 8. The molecule has 30 heavy (non-hydrogen) atoms. The summed E-state index contributed by atoms with van der Waals surface area (Å²) in [6.45, 7) is 5.92. The van der Waals surface area contributed by atoms with Gasteiger partial charge in [0, 0.05) is 12.0 Å². The number of fused-ring (bicyclic) bond motifs is 3. The molecule has 0 heterocycles. The van der Waals surface area contributed by atoms with Crippen LogP contribution in [0.1, 0.15) is 44.2 Å². The quantitative estimate of drug-likeness (QED) is 0.509. The Morgan fingerprint density at radius 2 is 1.57 bits per heavy atom. The molecule has 0 amide bonds. The van der Waals surface area contributed by atoms with Crippen molar-refractivity contribution in [2.75, 3.05) is 13.2 Å². The van der Waals surface area contributed by atoms with Crippen LogP contribution in [0.5, 0.6) is 0 Å². The van der Waals surface area contributed by atoms with Crippen LogP contribution in [-0.2, 0) is 19.1 Å². The Hall–Kier alpha value is -2.70. The molecule has 3 rings (SSSR count). The molecule has 6 nitrogen and oxygen atoms in total. The van der Waals surface area contributed by atoms with Gasteiger partial charge in [0.2, 0.25) is 0 Å². The minimum Gasteiger partial charge on any atom is -0.481 e. The third-order valence-corrected chi connectivity index (χ3v) is 5.21. The van der Waals surface area contributed by atoms with Crippen molar-refractivity contribution in [3.05, 3.63) is 59.7 Å². The van der Waals surface area contributed by atoms with E-state index in [1.54, 1.807) is 0 Å². The minimum atomic E-state index is -1.32. The lowest BCUT2D eigenvalue weighted by atomic mass is 9.97. The van der Waals surface area contributed by atoms with Crippen molar-refractivity contribution in [3.63, 3.8) is 0 Å². The van der Waals surface area contributed by atoms with Gasteiger partial charge < -0.3 is 20.3 Å². The zero-order valence-electron chi connectivity index (χ0n) is 17.6. The molecule has 0 bridgehead atoms. The predicted molar refractivity (Wildman–Crippen MR) is 114 cm³/mol. The van der Waals surface area contributed by atoms with Gasteiger partial charge in [0.05, 0.1) is 12.2 Å². The van der Waals surface area contributed by atoms with Crippen molar-refractivity contribution < 1.29 is 24.2 Å². The molecule has 1 aliphatic carbocycles. The van der Waals surface area contributed by atoms with Gasteiger partial charge in [-0.15, -0.1) is 0 Å². The van der Waals surface area contributed by atoms with E-state index in [0.717, 1.165) is 22.3 Å². The number of benzene rings is 2. The van der Waals surface area contributed by atoms with Crippen LogP contribution in [0.2, 0.25) is 0 Å². The largest absolute Gasteiger partial charge is 0.481 e. The van der Waals surface area contributed by atoms with Gasteiger partial charge in [0.25, 0.3) is 0 Å². The van der Waals surface area contributed by atoms with Crippen molar-refractivity contribution in [1.29, 1.82) is 0 Å². The standard InChI is InChI=1S/C24H29NO5/c1-24(2,3)30-13-15(25)12-20(22(26)27)23(28)29-14-21-18-10-6-4-8-16(18)17-9-5-7-11-19(17)21/h4-11,15,20-21H,12-14,25H2,1-3H3,(H,26,27)/t15?,20-/m1/s1. The van der Waals surface area contributed by atoms with Crippen LogP contribution in [-0.4, -0.2) is 41.9 Å². The Morgan fingerprint density at radius 1 is 1.03 bits per heavy atom. The molecule has 160 valence electrons. The van der Waals surface area contributed by atoms with E-state index in [0.29, 0.717) is 0 Å². The number of carbonyl (C=O) groups is 2. The Labute approximate surface area is 177 Å². The normalized spacial score (nSPS) is 15.2. The molecule has 0 aliphatic heterocycles. The number of aliphatic carboxylic acids is 1. The number of nitrogens with two attached hydrogens (primary N) is 1. The van der Waals surface area contributed by atoms with Crippen molar-refractivity contribution >= 4 is 11.9 Å². The highest BCUT2D eigenvalue weighted by Crippen LogP contribution is 2.44. The van der Waals surface area contributed by atoms with Crippen molar-refractivity contribution in [2.45, 2.75) is 44.8 Å². The summed E-state index contributed by atoms with van der Waals surface area (Å²) in [5.74, 6) is -3.45. The van der Waals surface area contributed by atoms with E-state index in [9.17, 15) is 14.7 Å². The predicted octanol–water partition coefficient (Wildman–Crippen LogP) is 3.58. The summed E-state index contributed by atoms with van der Waals surface area (Å²) in [5, 5.41) is 9.53. The van der Waals surface area contributed by atoms with Crippen LogP contribution in [0, 0.1) is 5.92 Å². The van der Waals surface area contributed by atoms with Crippen molar-refractivity contribution in [1.82, 2.24) is 0 Å². The summed E-state index contributed by atoms with van der Waals surface area (Å²) in [7, 11) is 0. The van der Waals surface area contributed by atoms with Gasteiger partial charge in [-0.05, 0) is 49.4 Å². The fourth-order valence-electron chi connectivity index (χ4n) is 3.73. The number of hydrogen-bond acceptors (Lipinski definition) is 5. The third-order valence-electron chi connectivity index (χ3n) is 5.21. The molecule has 6 heteroatoms. The molecule has 2 aromatic carbocycles. The lowest BCUT2D eigenvalue weighted by Gasteiger charge is -2.24. The number of carboxylic acid groups (broad SMARTS) is 1. The number of ether oxygens (including phenoxy) is 2. The summed E-state index contributed by atoms with van der Waals surface area (Å²) in [5.41, 5.74) is 10.0. The first kappa shape index (κ1) is 22.0. The number of carbonyl (C=O) groups excluding carboxylic acids is 1. The van der Waals surface area contributed by atoms with E-state index in [2.05, 4.69) is 0 Å². The van der Waals surface area contributed by atoms with E-state index in [4.69, 9.17) is 15.2 Å². The van der Waals surface area contributed by atoms with Gasteiger partial charge in [-0.2, -0.15) is 0 Å². The Balaban J connectivity index is 1.67. The SMILES string of the molecule is CC(C)(C)OCC(N)C[C@H](C(=O)O)C(=O)OCC1c2ccccc2-c2ccccc21. The summed E-state index contributed by atoms with van der Waals surface area (Å²) >= 11 is 0. The van der Waals surface area contributed by atoms with Crippen LogP contribution in [0.3, 0.4) is 0 Å². The van der Waals surface area contributed by atoms with E-state index in [1.165, 1.54) is 0 Å². The van der Waals surface area contributed by atoms with Gasteiger partial charge in [0.15, 0.2) is 5.92 Å². The summed E-state index contributed by atoms with van der Waals surface area (Å²) in [6.07, 6.45) is -0.0396. The Kier molecular flexibility index (Phi) is 6.58. The van der Waals surface area contributed by atoms with E-state index in [-0.39, 0.29) is 31.2 Å². The van der Waals surface area contributed by atoms with E-state index in [1.807, 2.05) is 69.3 Å². The molecule has 0 radical (unpaired) electrons. The van der Waals surface area contributed by atoms with Gasteiger partial charge >= 0.3 is 11.9 Å². The highest BCUT2D eigenvalue weighted by Gasteiger charge is 2.33. The van der Waals surface area contributed by atoms with Gasteiger partial charge in [-0.1, -0.05) is 48.5 Å². The molecule has 1 unspecified atom stereocenters. The molecule has 2 atom stereocenters. The van der Waals surface area contributed by atoms with Crippen LogP contribution in [0.4, 0.5) is 0 Å². The van der Waals surface area contributed by atoms with E-state index >= 15 is 0 Å². The van der Waals surface area contributed by atoms with Crippen LogP contribution >= 0.6 is 0 Å². The molecule has 0 spiro atoms. The summed E-state index contributed by atoms with van der Waals surface area (Å²) in [4.78, 5) is 24.3. The van der Waals surface area contributed by atoms with Crippen LogP contribution < -0.4 is 5.73 Å². The number of esters is 1. The zero-order valence-corrected chi connectivity index (χ0v) is 17.6. The maximum absolute atomic E-state index is 12.6. The molecule has 1 aliphatic rings. The molecular formula is C24H29NO5. The average Bonchev–Trinajstić information content (AvgIpc) is 3.02. The maximum atomic E-state index is 12.6. The molecule has 0 saturated carbocycles. The smallest absolute Gasteiger partial charge is 0.320 e. The number of hydrogen-bond donors (Lipinski definition) is 2. The molecule has 0 saturated heterocycles. The summed E-state index contributed by atoms with van der Waals surface area (Å²) in [6, 6.07) is 15.4. The first-order valence-corrected chi connectivity index (χ1v) is 10.1. The molecule has 3 N–H and O–H groups in total. The maximum Gasteiger partial charge on any atom is 0.320 e. The molecule has 0 fully saturated rings. The third kappa shape index (κ3) is 5.07. The molecular weight excluding hydrogens is 382 g/mol. The van der Waals surface area contributed by atoms with Gasteiger partial charge in [0.1, 0.15) is 6.61 Å². The highest BCUT2D eigenvalue weighted by molar-refractivity contribution is 5.94. The monoisotopic (exact) mass is 411 g/mol. The second kappa shape index (κ2) is 8.98. The van der Waals surface area contributed by atoms with Crippen molar-refractivity contribution in [2.24, 2.45) is 11.7 Å². The highest BCUT2D eigenvalue weighted by atomic mass is 16.5. The minimum absolute atomic E-state index is 0.0396. The Morgan fingerprint density at radius 3 is 2.07 bits per heavy atom. The van der Waals surface area contributed by atoms with Crippen LogP contribution in [0.25, 0.3) is 11.1 Å². The van der Waals surface area contributed by atoms with Gasteiger partial charge in [-0.25, -0.2) is 0 Å². The topological polar surface area (TPSA) is 98.9 Å². The van der Waals surface area contributed by atoms with Gasteiger partial charge in [-0.3, -0.25) is 9.59 Å². The van der Waals surface area contributed by atoms with E-state index < -0.39 is 23.9 Å². The fraction of sp³-hybridized carbons (Fsp3) is 0.417.